The zero-order valence-corrected chi connectivity index (χ0v) is 9.23. The third-order valence-corrected chi connectivity index (χ3v) is 2.70. The Kier molecular flexibility index (Phi) is 2.96. The van der Waals surface area contributed by atoms with Crippen LogP contribution in [0.2, 0.25) is 0 Å². The molecule has 4 heteroatoms. The SMILES string of the molecule is CCCc1ccc2cc(O)c(F)c(F)c2c1F. The Hall–Kier alpha value is -1.71. The second kappa shape index (κ2) is 4.28. The van der Waals surface area contributed by atoms with Gasteiger partial charge in [0.1, 0.15) is 5.82 Å². The Balaban J connectivity index is 2.80. The smallest absolute Gasteiger partial charge is 0.201 e. The Morgan fingerprint density at radius 3 is 2.41 bits per heavy atom. The van der Waals surface area contributed by atoms with Crippen molar-refractivity contribution in [3.63, 3.8) is 0 Å². The molecule has 1 nitrogen and oxygen atoms in total. The number of benzene rings is 2. The van der Waals surface area contributed by atoms with Gasteiger partial charge < -0.3 is 5.11 Å². The summed E-state index contributed by atoms with van der Waals surface area (Å²) in [5.41, 5.74) is 0.351. The molecule has 0 saturated heterocycles. The van der Waals surface area contributed by atoms with Crippen LogP contribution in [0.15, 0.2) is 18.2 Å². The molecule has 0 aromatic heterocycles. The van der Waals surface area contributed by atoms with Crippen LogP contribution in [0.5, 0.6) is 5.75 Å². The van der Waals surface area contributed by atoms with Gasteiger partial charge in [0.05, 0.1) is 5.39 Å². The summed E-state index contributed by atoms with van der Waals surface area (Å²) >= 11 is 0. The van der Waals surface area contributed by atoms with Gasteiger partial charge in [-0.3, -0.25) is 0 Å². The number of phenolic OH excluding ortho intramolecular Hbond substituents is 1. The van der Waals surface area contributed by atoms with E-state index in [2.05, 4.69) is 0 Å². The van der Waals surface area contributed by atoms with E-state index < -0.39 is 28.6 Å². The molecule has 0 spiro atoms. The molecule has 0 bridgehead atoms. The lowest BCUT2D eigenvalue weighted by molar-refractivity contribution is 0.409. The van der Waals surface area contributed by atoms with E-state index in [1.165, 1.54) is 12.1 Å². The lowest BCUT2D eigenvalue weighted by atomic mass is 10.0. The molecule has 0 heterocycles. The van der Waals surface area contributed by atoms with Crippen LogP contribution >= 0.6 is 0 Å². The number of phenols is 1. The molecule has 0 unspecified atom stereocenters. The number of hydrogen-bond donors (Lipinski definition) is 1. The molecule has 0 atom stereocenters. The van der Waals surface area contributed by atoms with Crippen LogP contribution in [0, 0.1) is 17.5 Å². The largest absolute Gasteiger partial charge is 0.505 e. The molecular weight excluding hydrogens is 229 g/mol. The number of fused-ring (bicyclic) bond motifs is 1. The molecule has 17 heavy (non-hydrogen) atoms. The minimum atomic E-state index is -1.41. The predicted molar refractivity (Wildman–Crippen MR) is 59.5 cm³/mol. The second-order valence-electron chi connectivity index (χ2n) is 3.91. The molecule has 2 rings (SSSR count). The zero-order chi connectivity index (χ0) is 12.6. The van der Waals surface area contributed by atoms with Crippen LogP contribution in [0.25, 0.3) is 10.8 Å². The van der Waals surface area contributed by atoms with Gasteiger partial charge in [-0.1, -0.05) is 25.5 Å². The number of aromatic hydroxyl groups is 1. The normalized spacial score (nSPS) is 11.1. The summed E-state index contributed by atoms with van der Waals surface area (Å²) in [5, 5.41) is 8.88. The van der Waals surface area contributed by atoms with Gasteiger partial charge in [-0.2, -0.15) is 4.39 Å². The average Bonchev–Trinajstić information content (AvgIpc) is 2.30. The fourth-order valence-electron chi connectivity index (χ4n) is 1.87. The van der Waals surface area contributed by atoms with E-state index >= 15 is 0 Å². The van der Waals surface area contributed by atoms with Crippen molar-refractivity contribution >= 4 is 10.8 Å². The summed E-state index contributed by atoms with van der Waals surface area (Å²) in [6.07, 6.45) is 1.17. The fourth-order valence-corrected chi connectivity index (χ4v) is 1.87. The molecule has 0 amide bonds. The van der Waals surface area contributed by atoms with Gasteiger partial charge in [-0.05, 0) is 23.4 Å². The van der Waals surface area contributed by atoms with Crippen LogP contribution in [-0.4, -0.2) is 5.11 Å². The lowest BCUT2D eigenvalue weighted by Crippen LogP contribution is -1.96. The topological polar surface area (TPSA) is 20.2 Å². The molecular formula is C13H11F3O. The predicted octanol–water partition coefficient (Wildman–Crippen LogP) is 3.92. The van der Waals surface area contributed by atoms with Crippen molar-refractivity contribution in [3.05, 3.63) is 41.2 Å². The van der Waals surface area contributed by atoms with E-state index in [9.17, 15) is 13.2 Å². The summed E-state index contributed by atoms with van der Waals surface area (Å²) < 4.78 is 40.7. The summed E-state index contributed by atoms with van der Waals surface area (Å²) in [5.74, 6) is -4.31. The summed E-state index contributed by atoms with van der Waals surface area (Å²) in [4.78, 5) is 0. The van der Waals surface area contributed by atoms with Crippen molar-refractivity contribution in [2.75, 3.05) is 0 Å². The third-order valence-electron chi connectivity index (χ3n) is 2.70. The highest BCUT2D eigenvalue weighted by atomic mass is 19.2. The molecule has 1 N–H and O–H groups in total. The van der Waals surface area contributed by atoms with Crippen LogP contribution < -0.4 is 0 Å². The van der Waals surface area contributed by atoms with Gasteiger partial charge in [0.2, 0.25) is 5.82 Å². The Labute approximate surface area is 96.5 Å². The van der Waals surface area contributed by atoms with Crippen LogP contribution in [0.1, 0.15) is 18.9 Å². The molecule has 90 valence electrons. The quantitative estimate of drug-likeness (QED) is 0.843. The van der Waals surface area contributed by atoms with Crippen molar-refractivity contribution in [2.24, 2.45) is 0 Å². The van der Waals surface area contributed by atoms with E-state index in [4.69, 9.17) is 5.11 Å². The average molecular weight is 240 g/mol. The lowest BCUT2D eigenvalue weighted by Gasteiger charge is -2.08. The van der Waals surface area contributed by atoms with Gasteiger partial charge >= 0.3 is 0 Å². The Bertz CT molecular complexity index is 579. The number of aryl methyl sites for hydroxylation is 1. The highest BCUT2D eigenvalue weighted by Crippen LogP contribution is 2.31. The molecule has 0 aliphatic rings. The molecule has 2 aromatic carbocycles. The van der Waals surface area contributed by atoms with Gasteiger partial charge in [0.25, 0.3) is 0 Å². The van der Waals surface area contributed by atoms with E-state index in [1.54, 1.807) is 0 Å². The second-order valence-corrected chi connectivity index (χ2v) is 3.91. The first kappa shape index (κ1) is 11.8. The standard InChI is InChI=1S/C13H11F3O/c1-2-3-7-4-5-8-6-9(17)12(15)13(16)10(8)11(7)14/h4-6,17H,2-3H2,1H3. The first-order chi connectivity index (χ1) is 8.06. The Morgan fingerprint density at radius 2 is 1.76 bits per heavy atom. The van der Waals surface area contributed by atoms with Gasteiger partial charge in [-0.25, -0.2) is 8.78 Å². The first-order valence-electron chi connectivity index (χ1n) is 5.34. The maximum Gasteiger partial charge on any atom is 0.201 e. The summed E-state index contributed by atoms with van der Waals surface area (Å²) in [7, 11) is 0. The van der Waals surface area contributed by atoms with Gasteiger partial charge in [0, 0.05) is 0 Å². The highest BCUT2D eigenvalue weighted by Gasteiger charge is 2.17. The minimum absolute atomic E-state index is 0.152. The fraction of sp³-hybridized carbons (Fsp3) is 0.231. The monoisotopic (exact) mass is 240 g/mol. The van der Waals surface area contributed by atoms with Crippen molar-refractivity contribution < 1.29 is 18.3 Å². The molecule has 0 radical (unpaired) electrons. The first-order valence-corrected chi connectivity index (χ1v) is 5.34. The Morgan fingerprint density at radius 1 is 1.06 bits per heavy atom. The maximum atomic E-state index is 13.9. The number of hydrogen-bond acceptors (Lipinski definition) is 1. The number of halogens is 3. The third kappa shape index (κ3) is 1.84. The van der Waals surface area contributed by atoms with Crippen molar-refractivity contribution in [2.45, 2.75) is 19.8 Å². The van der Waals surface area contributed by atoms with Crippen LogP contribution in [0.3, 0.4) is 0 Å². The van der Waals surface area contributed by atoms with Gasteiger partial charge in [-0.15, -0.1) is 0 Å². The maximum absolute atomic E-state index is 13.9. The summed E-state index contributed by atoms with van der Waals surface area (Å²) in [6.45, 7) is 1.87. The molecule has 0 fully saturated rings. The van der Waals surface area contributed by atoms with E-state index in [-0.39, 0.29) is 5.39 Å². The van der Waals surface area contributed by atoms with Crippen LogP contribution in [-0.2, 0) is 6.42 Å². The van der Waals surface area contributed by atoms with Crippen molar-refractivity contribution in [3.8, 4) is 5.75 Å². The number of rotatable bonds is 2. The van der Waals surface area contributed by atoms with Crippen LogP contribution in [0.4, 0.5) is 13.2 Å². The molecule has 2 aromatic rings. The highest BCUT2D eigenvalue weighted by molar-refractivity contribution is 5.86. The van der Waals surface area contributed by atoms with E-state index in [0.717, 1.165) is 6.07 Å². The van der Waals surface area contributed by atoms with Crippen molar-refractivity contribution in [1.82, 2.24) is 0 Å². The van der Waals surface area contributed by atoms with E-state index in [0.29, 0.717) is 18.4 Å². The summed E-state index contributed by atoms with van der Waals surface area (Å²) in [6, 6.07) is 4.02. The molecule has 0 saturated carbocycles. The van der Waals surface area contributed by atoms with Gasteiger partial charge in [0.15, 0.2) is 11.6 Å². The molecule has 0 aliphatic heterocycles. The van der Waals surface area contributed by atoms with Crippen molar-refractivity contribution in [1.29, 1.82) is 0 Å². The minimum Gasteiger partial charge on any atom is -0.505 e. The zero-order valence-electron chi connectivity index (χ0n) is 9.23. The van der Waals surface area contributed by atoms with E-state index in [1.807, 2.05) is 6.92 Å². The molecule has 0 aliphatic carbocycles.